The average molecular weight is 268 g/mol. The molecular formula is C16H16N2O2. The molecule has 1 aliphatic rings. The van der Waals surface area contributed by atoms with E-state index in [9.17, 15) is 9.90 Å². The van der Waals surface area contributed by atoms with Crippen molar-refractivity contribution in [2.45, 2.75) is 12.5 Å². The van der Waals surface area contributed by atoms with Crippen molar-refractivity contribution in [1.29, 1.82) is 0 Å². The summed E-state index contributed by atoms with van der Waals surface area (Å²) in [5, 5.41) is 12.5. The number of benzene rings is 2. The lowest BCUT2D eigenvalue weighted by atomic mass is 10.1. The van der Waals surface area contributed by atoms with Crippen LogP contribution in [0.25, 0.3) is 0 Å². The molecule has 0 bridgehead atoms. The molecule has 0 aromatic heterocycles. The van der Waals surface area contributed by atoms with Gasteiger partial charge in [-0.25, -0.2) is 0 Å². The van der Waals surface area contributed by atoms with E-state index in [0.29, 0.717) is 6.42 Å². The van der Waals surface area contributed by atoms with Crippen LogP contribution < -0.4 is 10.2 Å². The fourth-order valence-electron chi connectivity index (χ4n) is 2.48. The fraction of sp³-hybridized carbons (Fsp3) is 0.188. The molecule has 2 N–H and O–H groups in total. The van der Waals surface area contributed by atoms with Gasteiger partial charge in [-0.05, 0) is 35.9 Å². The monoisotopic (exact) mass is 268 g/mol. The van der Waals surface area contributed by atoms with Gasteiger partial charge in [0.15, 0.2) is 0 Å². The number of amides is 1. The van der Waals surface area contributed by atoms with Gasteiger partial charge < -0.3 is 15.3 Å². The number of nitrogens with zero attached hydrogens (tertiary/aromatic N) is 1. The highest BCUT2D eigenvalue weighted by molar-refractivity contribution is 5.99. The fourth-order valence-corrected chi connectivity index (χ4v) is 2.48. The molecule has 102 valence electrons. The molecule has 1 amide bonds. The van der Waals surface area contributed by atoms with Crippen molar-refractivity contribution in [2.24, 2.45) is 0 Å². The van der Waals surface area contributed by atoms with E-state index >= 15 is 0 Å². The molecule has 0 fully saturated rings. The standard InChI is InChI=1S/C16H16N2O2/c1-18(12-6-8-13(19)9-7-12)16(20)15-10-11-4-2-3-5-14(11)17-15/h2-9,15,17,19H,10H2,1H3. The molecular weight excluding hydrogens is 252 g/mol. The molecule has 0 saturated heterocycles. The summed E-state index contributed by atoms with van der Waals surface area (Å²) in [5.74, 6) is 0.216. The molecule has 2 aromatic carbocycles. The third-order valence-corrected chi connectivity index (χ3v) is 3.64. The number of fused-ring (bicyclic) bond motifs is 1. The van der Waals surface area contributed by atoms with Gasteiger partial charge >= 0.3 is 0 Å². The van der Waals surface area contributed by atoms with E-state index in [-0.39, 0.29) is 17.7 Å². The predicted molar refractivity (Wildman–Crippen MR) is 79.1 cm³/mol. The van der Waals surface area contributed by atoms with Crippen LogP contribution in [-0.2, 0) is 11.2 Å². The number of likely N-dealkylation sites (N-methyl/N-ethyl adjacent to an activating group) is 1. The van der Waals surface area contributed by atoms with Crippen molar-refractivity contribution in [3.8, 4) is 5.75 Å². The summed E-state index contributed by atoms with van der Waals surface area (Å²) >= 11 is 0. The summed E-state index contributed by atoms with van der Waals surface area (Å²) in [6, 6.07) is 14.4. The van der Waals surface area contributed by atoms with Crippen molar-refractivity contribution >= 4 is 17.3 Å². The van der Waals surface area contributed by atoms with Gasteiger partial charge in [0.25, 0.3) is 0 Å². The lowest BCUT2D eigenvalue weighted by molar-refractivity contribution is -0.118. The van der Waals surface area contributed by atoms with Crippen LogP contribution in [0.3, 0.4) is 0 Å². The number of para-hydroxylation sites is 1. The number of aromatic hydroxyl groups is 1. The van der Waals surface area contributed by atoms with Crippen LogP contribution in [0.4, 0.5) is 11.4 Å². The number of phenolic OH excluding ortho intramolecular Hbond substituents is 1. The first-order valence-electron chi connectivity index (χ1n) is 6.56. The van der Waals surface area contributed by atoms with E-state index in [2.05, 4.69) is 5.32 Å². The molecule has 1 heterocycles. The van der Waals surface area contributed by atoms with E-state index in [4.69, 9.17) is 0 Å². The Bertz CT molecular complexity index is 612. The molecule has 0 spiro atoms. The largest absolute Gasteiger partial charge is 0.508 e. The first-order chi connectivity index (χ1) is 9.65. The van der Waals surface area contributed by atoms with E-state index < -0.39 is 0 Å². The summed E-state index contributed by atoms with van der Waals surface area (Å²) in [4.78, 5) is 14.1. The SMILES string of the molecule is CN(C(=O)C1Cc2ccccc2N1)c1ccc(O)cc1. The topological polar surface area (TPSA) is 52.6 Å². The van der Waals surface area contributed by atoms with Gasteiger partial charge in [0.05, 0.1) is 0 Å². The van der Waals surface area contributed by atoms with Crippen LogP contribution in [0.2, 0.25) is 0 Å². The molecule has 4 nitrogen and oxygen atoms in total. The molecule has 4 heteroatoms. The first-order valence-corrected chi connectivity index (χ1v) is 6.56. The molecule has 1 aliphatic heterocycles. The summed E-state index contributed by atoms with van der Waals surface area (Å²) in [6.45, 7) is 0. The number of rotatable bonds is 2. The number of carbonyl (C=O) groups is 1. The van der Waals surface area contributed by atoms with Gasteiger partial charge in [0, 0.05) is 24.8 Å². The smallest absolute Gasteiger partial charge is 0.249 e. The van der Waals surface area contributed by atoms with Crippen molar-refractivity contribution < 1.29 is 9.90 Å². The van der Waals surface area contributed by atoms with Crippen LogP contribution in [0.15, 0.2) is 48.5 Å². The van der Waals surface area contributed by atoms with Crippen LogP contribution in [-0.4, -0.2) is 24.1 Å². The third-order valence-electron chi connectivity index (χ3n) is 3.64. The Morgan fingerprint density at radius 2 is 1.90 bits per heavy atom. The molecule has 20 heavy (non-hydrogen) atoms. The Kier molecular flexibility index (Phi) is 3.06. The first kappa shape index (κ1) is 12.5. The predicted octanol–water partition coefficient (Wildman–Crippen LogP) is 2.39. The Labute approximate surface area is 117 Å². The number of anilines is 2. The normalized spacial score (nSPS) is 16.4. The Morgan fingerprint density at radius 3 is 2.60 bits per heavy atom. The third kappa shape index (κ3) is 2.20. The Morgan fingerprint density at radius 1 is 1.20 bits per heavy atom. The highest BCUT2D eigenvalue weighted by Crippen LogP contribution is 2.27. The van der Waals surface area contributed by atoms with Crippen molar-refractivity contribution in [1.82, 2.24) is 0 Å². The minimum absolute atomic E-state index is 0.0203. The number of phenols is 1. The van der Waals surface area contributed by atoms with Gasteiger partial charge in [-0.2, -0.15) is 0 Å². The lowest BCUT2D eigenvalue weighted by Crippen LogP contribution is -2.39. The lowest BCUT2D eigenvalue weighted by Gasteiger charge is -2.21. The maximum atomic E-state index is 12.5. The second kappa shape index (κ2) is 4.89. The average Bonchev–Trinajstić information content (AvgIpc) is 2.90. The molecule has 3 rings (SSSR count). The molecule has 0 radical (unpaired) electrons. The highest BCUT2D eigenvalue weighted by Gasteiger charge is 2.29. The molecule has 1 atom stereocenters. The minimum atomic E-state index is -0.230. The van der Waals surface area contributed by atoms with Crippen molar-refractivity contribution in [2.75, 3.05) is 17.3 Å². The zero-order valence-corrected chi connectivity index (χ0v) is 11.2. The van der Waals surface area contributed by atoms with Crippen LogP contribution in [0.5, 0.6) is 5.75 Å². The quantitative estimate of drug-likeness (QED) is 0.879. The number of nitrogens with one attached hydrogen (secondary N) is 1. The molecule has 2 aromatic rings. The summed E-state index contributed by atoms with van der Waals surface area (Å²) in [6.07, 6.45) is 0.706. The minimum Gasteiger partial charge on any atom is -0.508 e. The second-order valence-corrected chi connectivity index (χ2v) is 4.97. The van der Waals surface area contributed by atoms with Crippen molar-refractivity contribution in [3.05, 3.63) is 54.1 Å². The maximum absolute atomic E-state index is 12.5. The van der Waals surface area contributed by atoms with Gasteiger partial charge in [0.2, 0.25) is 5.91 Å². The molecule has 0 saturated carbocycles. The summed E-state index contributed by atoms with van der Waals surface area (Å²) in [7, 11) is 1.75. The van der Waals surface area contributed by atoms with Crippen LogP contribution in [0, 0.1) is 0 Å². The Balaban J connectivity index is 1.76. The van der Waals surface area contributed by atoms with Gasteiger partial charge in [-0.3, -0.25) is 4.79 Å². The van der Waals surface area contributed by atoms with Gasteiger partial charge in [-0.15, -0.1) is 0 Å². The van der Waals surface area contributed by atoms with Crippen molar-refractivity contribution in [3.63, 3.8) is 0 Å². The summed E-state index contributed by atoms with van der Waals surface area (Å²) < 4.78 is 0. The number of hydrogen-bond acceptors (Lipinski definition) is 3. The van der Waals surface area contributed by atoms with Gasteiger partial charge in [-0.1, -0.05) is 18.2 Å². The van der Waals surface area contributed by atoms with E-state index in [1.807, 2.05) is 24.3 Å². The van der Waals surface area contributed by atoms with E-state index in [1.165, 1.54) is 5.56 Å². The van der Waals surface area contributed by atoms with Crippen LogP contribution >= 0.6 is 0 Å². The number of hydrogen-bond donors (Lipinski definition) is 2. The zero-order chi connectivity index (χ0) is 14.1. The van der Waals surface area contributed by atoms with E-state index in [1.54, 1.807) is 36.2 Å². The van der Waals surface area contributed by atoms with Crippen LogP contribution in [0.1, 0.15) is 5.56 Å². The van der Waals surface area contributed by atoms with E-state index in [0.717, 1.165) is 11.4 Å². The van der Waals surface area contributed by atoms with Gasteiger partial charge in [0.1, 0.15) is 11.8 Å². The Hall–Kier alpha value is -2.49. The second-order valence-electron chi connectivity index (χ2n) is 4.97. The zero-order valence-electron chi connectivity index (χ0n) is 11.2. The highest BCUT2D eigenvalue weighted by atomic mass is 16.3. The molecule has 0 aliphatic carbocycles. The summed E-state index contributed by atoms with van der Waals surface area (Å²) in [5.41, 5.74) is 2.97. The maximum Gasteiger partial charge on any atom is 0.249 e. The molecule has 1 unspecified atom stereocenters. The number of carbonyl (C=O) groups excluding carboxylic acids is 1.